The number of ether oxygens (including phenoxy) is 1. The summed E-state index contributed by atoms with van der Waals surface area (Å²) in [5.74, 6) is -4.76. The summed E-state index contributed by atoms with van der Waals surface area (Å²) in [5, 5.41) is 4.31. The topological polar surface area (TPSA) is 64.4 Å². The standard InChI is InChI=1S/C20H20F3N3O3/c1-20(2)10-25(19(28)29-20)16-9-24-26-4-3-12(8-15(16)26)17(27)7-11-5-13(21)18(23)14(22)6-11/h5-6,9,12H,3-4,7-8,10H2,1-2H3. The van der Waals surface area contributed by atoms with Crippen molar-refractivity contribution in [2.24, 2.45) is 5.92 Å². The van der Waals surface area contributed by atoms with E-state index in [1.165, 1.54) is 4.90 Å². The fraction of sp³-hybridized carbons (Fsp3) is 0.450. The summed E-state index contributed by atoms with van der Waals surface area (Å²) in [4.78, 5) is 26.5. The molecule has 1 atom stereocenters. The number of anilines is 1. The molecule has 0 spiro atoms. The molecule has 1 unspecified atom stereocenters. The van der Waals surface area contributed by atoms with Gasteiger partial charge in [0.25, 0.3) is 0 Å². The van der Waals surface area contributed by atoms with Crippen LogP contribution in [0.5, 0.6) is 0 Å². The number of aromatic nitrogens is 2. The molecule has 9 heteroatoms. The maximum absolute atomic E-state index is 13.4. The average Bonchev–Trinajstić information content (AvgIpc) is 3.18. The smallest absolute Gasteiger partial charge is 0.415 e. The van der Waals surface area contributed by atoms with Crippen LogP contribution in [0.1, 0.15) is 31.5 Å². The highest BCUT2D eigenvalue weighted by molar-refractivity contribution is 5.91. The van der Waals surface area contributed by atoms with Crippen molar-refractivity contribution in [1.29, 1.82) is 0 Å². The van der Waals surface area contributed by atoms with E-state index in [1.807, 2.05) is 13.8 Å². The van der Waals surface area contributed by atoms with E-state index in [2.05, 4.69) is 5.10 Å². The lowest BCUT2D eigenvalue weighted by atomic mass is 9.88. The molecule has 1 fully saturated rings. The Bertz CT molecular complexity index is 979. The molecule has 154 valence electrons. The molecule has 2 aromatic rings. The molecule has 1 aromatic heterocycles. The Hall–Kier alpha value is -2.84. The zero-order valence-electron chi connectivity index (χ0n) is 16.0. The van der Waals surface area contributed by atoms with E-state index in [4.69, 9.17) is 4.74 Å². The number of nitrogens with zero attached hydrogens (tertiary/aromatic N) is 3. The number of Topliss-reactive ketones (excluding diaryl/α,β-unsaturated/α-hetero) is 1. The van der Waals surface area contributed by atoms with E-state index in [9.17, 15) is 22.8 Å². The number of hydrogen-bond donors (Lipinski definition) is 0. The van der Waals surface area contributed by atoms with Crippen molar-refractivity contribution in [3.05, 3.63) is 47.0 Å². The molecule has 0 aliphatic carbocycles. The quantitative estimate of drug-likeness (QED) is 0.729. The zero-order chi connectivity index (χ0) is 20.9. The predicted octanol–water partition coefficient (Wildman–Crippen LogP) is 3.41. The number of halogens is 3. The minimum Gasteiger partial charge on any atom is -0.441 e. The third kappa shape index (κ3) is 3.61. The molecule has 0 saturated carbocycles. The first-order valence-electron chi connectivity index (χ1n) is 9.36. The number of ketones is 1. The monoisotopic (exact) mass is 407 g/mol. The minimum atomic E-state index is -1.55. The lowest BCUT2D eigenvalue weighted by molar-refractivity contribution is -0.122. The molecule has 3 heterocycles. The Morgan fingerprint density at radius 2 is 1.97 bits per heavy atom. The zero-order valence-corrected chi connectivity index (χ0v) is 16.0. The Kier molecular flexibility index (Phi) is 4.63. The Balaban J connectivity index is 1.52. The summed E-state index contributed by atoms with van der Waals surface area (Å²) in [6.45, 7) is 4.49. The van der Waals surface area contributed by atoms with Gasteiger partial charge >= 0.3 is 6.09 Å². The SMILES string of the molecule is CC1(C)CN(c2cnn3c2CC(C(=O)Cc2cc(F)c(F)c(F)c2)CC3)C(=O)O1. The fourth-order valence-corrected chi connectivity index (χ4v) is 3.93. The van der Waals surface area contributed by atoms with Gasteiger partial charge in [-0.2, -0.15) is 5.10 Å². The van der Waals surface area contributed by atoms with Crippen molar-refractivity contribution in [3.8, 4) is 0 Å². The number of carbonyl (C=O) groups is 2. The van der Waals surface area contributed by atoms with Crippen molar-refractivity contribution in [2.75, 3.05) is 11.4 Å². The molecule has 2 aliphatic heterocycles. The Morgan fingerprint density at radius 3 is 2.59 bits per heavy atom. The number of benzene rings is 1. The average molecular weight is 407 g/mol. The van der Waals surface area contributed by atoms with Gasteiger partial charge in [-0.1, -0.05) is 0 Å². The molecular weight excluding hydrogens is 387 g/mol. The number of rotatable bonds is 4. The third-order valence-corrected chi connectivity index (χ3v) is 5.35. The van der Waals surface area contributed by atoms with Gasteiger partial charge in [0.2, 0.25) is 0 Å². The third-order valence-electron chi connectivity index (χ3n) is 5.35. The molecule has 0 bridgehead atoms. The lowest BCUT2D eigenvalue weighted by Crippen LogP contribution is -2.31. The van der Waals surface area contributed by atoms with Crippen molar-refractivity contribution < 1.29 is 27.5 Å². The summed E-state index contributed by atoms with van der Waals surface area (Å²) >= 11 is 0. The highest BCUT2D eigenvalue weighted by atomic mass is 19.2. The maximum Gasteiger partial charge on any atom is 0.415 e. The van der Waals surface area contributed by atoms with Gasteiger partial charge in [-0.05, 0) is 38.0 Å². The van der Waals surface area contributed by atoms with E-state index in [-0.39, 0.29) is 23.7 Å². The molecule has 6 nitrogen and oxygen atoms in total. The van der Waals surface area contributed by atoms with E-state index in [0.29, 0.717) is 31.6 Å². The number of hydrogen-bond acceptors (Lipinski definition) is 4. The first-order chi connectivity index (χ1) is 13.6. The summed E-state index contributed by atoms with van der Waals surface area (Å²) in [7, 11) is 0. The molecule has 4 rings (SSSR count). The number of amides is 1. The second kappa shape index (κ2) is 6.89. The van der Waals surface area contributed by atoms with E-state index in [1.54, 1.807) is 10.9 Å². The Morgan fingerprint density at radius 1 is 1.28 bits per heavy atom. The molecular formula is C20H20F3N3O3. The van der Waals surface area contributed by atoms with Crippen LogP contribution in [0.15, 0.2) is 18.3 Å². The summed E-state index contributed by atoms with van der Waals surface area (Å²) in [6, 6.07) is 1.69. The molecule has 2 aliphatic rings. The van der Waals surface area contributed by atoms with Crippen LogP contribution < -0.4 is 4.90 Å². The van der Waals surface area contributed by atoms with Gasteiger partial charge < -0.3 is 4.74 Å². The van der Waals surface area contributed by atoms with E-state index in [0.717, 1.165) is 17.8 Å². The second-order valence-electron chi connectivity index (χ2n) is 8.12. The Labute approximate surface area is 165 Å². The van der Waals surface area contributed by atoms with Crippen molar-refractivity contribution in [1.82, 2.24) is 9.78 Å². The predicted molar refractivity (Wildman–Crippen MR) is 97.0 cm³/mol. The van der Waals surface area contributed by atoms with Gasteiger partial charge in [-0.15, -0.1) is 0 Å². The first-order valence-corrected chi connectivity index (χ1v) is 9.36. The number of carbonyl (C=O) groups excluding carboxylic acids is 2. The van der Waals surface area contributed by atoms with Gasteiger partial charge in [0.05, 0.1) is 24.1 Å². The van der Waals surface area contributed by atoms with Crippen molar-refractivity contribution in [3.63, 3.8) is 0 Å². The van der Waals surface area contributed by atoms with Crippen LogP contribution in [0.3, 0.4) is 0 Å². The number of cyclic esters (lactones) is 1. The second-order valence-corrected chi connectivity index (χ2v) is 8.12. The number of aryl methyl sites for hydroxylation is 1. The first kappa shape index (κ1) is 19.5. The van der Waals surface area contributed by atoms with Crippen LogP contribution in [0.25, 0.3) is 0 Å². The van der Waals surface area contributed by atoms with Gasteiger partial charge in [0, 0.05) is 25.3 Å². The highest BCUT2D eigenvalue weighted by Gasteiger charge is 2.41. The van der Waals surface area contributed by atoms with Crippen LogP contribution >= 0.6 is 0 Å². The maximum atomic E-state index is 13.4. The van der Waals surface area contributed by atoms with E-state index < -0.39 is 29.1 Å². The fourth-order valence-electron chi connectivity index (χ4n) is 3.93. The highest BCUT2D eigenvalue weighted by Crippen LogP contribution is 2.34. The molecule has 1 aromatic carbocycles. The van der Waals surface area contributed by atoms with Crippen LogP contribution in [-0.2, 0) is 28.9 Å². The molecule has 0 N–H and O–H groups in total. The molecule has 1 amide bonds. The molecule has 1 saturated heterocycles. The van der Waals surface area contributed by atoms with E-state index >= 15 is 0 Å². The summed E-state index contributed by atoms with van der Waals surface area (Å²) in [5.41, 5.74) is 0.834. The number of fused-ring (bicyclic) bond motifs is 1. The van der Waals surface area contributed by atoms with Crippen LogP contribution in [-0.4, -0.2) is 33.8 Å². The summed E-state index contributed by atoms with van der Waals surface area (Å²) < 4.78 is 47.1. The van der Waals surface area contributed by atoms with Crippen LogP contribution in [0.2, 0.25) is 0 Å². The normalized spacial score (nSPS) is 20.5. The van der Waals surface area contributed by atoms with Crippen molar-refractivity contribution in [2.45, 2.75) is 45.3 Å². The van der Waals surface area contributed by atoms with Crippen LogP contribution in [0, 0.1) is 23.4 Å². The van der Waals surface area contributed by atoms with Gasteiger partial charge in [-0.3, -0.25) is 14.4 Å². The molecule has 29 heavy (non-hydrogen) atoms. The largest absolute Gasteiger partial charge is 0.441 e. The van der Waals surface area contributed by atoms with Crippen LogP contribution in [0.4, 0.5) is 23.7 Å². The van der Waals surface area contributed by atoms with Gasteiger partial charge in [-0.25, -0.2) is 18.0 Å². The summed E-state index contributed by atoms with van der Waals surface area (Å²) in [6.07, 6.45) is 1.81. The minimum absolute atomic E-state index is 0.0931. The van der Waals surface area contributed by atoms with Gasteiger partial charge in [0.1, 0.15) is 11.4 Å². The molecule has 0 radical (unpaired) electrons. The van der Waals surface area contributed by atoms with Crippen molar-refractivity contribution >= 4 is 17.6 Å². The lowest BCUT2D eigenvalue weighted by Gasteiger charge is -2.25. The van der Waals surface area contributed by atoms with Gasteiger partial charge in [0.15, 0.2) is 17.5 Å².